The van der Waals surface area contributed by atoms with E-state index in [0.29, 0.717) is 31.0 Å². The Morgan fingerprint density at radius 2 is 2.08 bits per heavy atom. The summed E-state index contributed by atoms with van der Waals surface area (Å²) in [5, 5.41) is 0. The molecule has 0 bridgehead atoms. The topological polar surface area (TPSA) is 58.2 Å². The number of benzene rings is 1. The van der Waals surface area contributed by atoms with Gasteiger partial charge in [0.2, 0.25) is 5.91 Å². The van der Waals surface area contributed by atoms with Gasteiger partial charge in [0.15, 0.2) is 11.6 Å². The van der Waals surface area contributed by atoms with Crippen LogP contribution in [0.5, 0.6) is 0 Å². The number of ether oxygens (including phenoxy) is 1. The van der Waals surface area contributed by atoms with Gasteiger partial charge in [-0.3, -0.25) is 4.79 Å². The quantitative estimate of drug-likeness (QED) is 0.902. The molecule has 0 radical (unpaired) electrons. The molecule has 1 aliphatic heterocycles. The van der Waals surface area contributed by atoms with Crippen molar-refractivity contribution in [3.05, 3.63) is 41.9 Å². The van der Waals surface area contributed by atoms with Gasteiger partial charge in [-0.1, -0.05) is 0 Å². The molecule has 5 nitrogen and oxygen atoms in total. The molecule has 1 amide bonds. The number of amides is 1. The van der Waals surface area contributed by atoms with Crippen molar-refractivity contribution in [3.63, 3.8) is 0 Å². The Bertz CT molecular complexity index is 740. The molecular formula is C18H21F2N3O2. The molecule has 3 rings (SSSR count). The van der Waals surface area contributed by atoms with E-state index >= 15 is 0 Å². The Morgan fingerprint density at radius 3 is 2.76 bits per heavy atom. The maximum atomic E-state index is 13.4. The van der Waals surface area contributed by atoms with E-state index in [-0.39, 0.29) is 18.4 Å². The lowest BCUT2D eigenvalue weighted by molar-refractivity contribution is -0.137. The monoisotopic (exact) mass is 349 g/mol. The van der Waals surface area contributed by atoms with Crippen LogP contribution in [0.2, 0.25) is 0 Å². The van der Waals surface area contributed by atoms with Crippen molar-refractivity contribution in [3.8, 4) is 11.3 Å². The highest BCUT2D eigenvalue weighted by Gasteiger charge is 2.25. The smallest absolute Gasteiger partial charge is 0.248 e. The Hall–Kier alpha value is -2.28. The number of carbonyl (C=O) groups is 1. The van der Waals surface area contributed by atoms with E-state index in [9.17, 15) is 13.6 Å². The summed E-state index contributed by atoms with van der Waals surface area (Å²) in [7, 11) is 0. The summed E-state index contributed by atoms with van der Waals surface area (Å²) in [6.07, 6.45) is 3.25. The first-order chi connectivity index (χ1) is 12.1. The first kappa shape index (κ1) is 17.5. The molecule has 1 saturated heterocycles. The largest absolute Gasteiger partial charge is 0.372 e. The lowest BCUT2D eigenvalue weighted by Gasteiger charge is -2.31. The molecule has 0 atom stereocenters. The van der Waals surface area contributed by atoms with Crippen LogP contribution in [0.4, 0.5) is 8.78 Å². The summed E-state index contributed by atoms with van der Waals surface area (Å²) < 4.78 is 31.6. The molecule has 25 heavy (non-hydrogen) atoms. The van der Waals surface area contributed by atoms with Crippen molar-refractivity contribution >= 4 is 5.91 Å². The van der Waals surface area contributed by atoms with Gasteiger partial charge in [0.1, 0.15) is 12.4 Å². The van der Waals surface area contributed by atoms with E-state index in [0.717, 1.165) is 30.8 Å². The van der Waals surface area contributed by atoms with Crippen molar-refractivity contribution in [1.29, 1.82) is 0 Å². The number of halogens is 2. The second-order valence-corrected chi connectivity index (χ2v) is 6.10. The highest BCUT2D eigenvalue weighted by Crippen LogP contribution is 2.28. The van der Waals surface area contributed by atoms with Gasteiger partial charge in [-0.2, -0.15) is 0 Å². The maximum Gasteiger partial charge on any atom is 0.248 e. The number of nitrogens with one attached hydrogen (secondary N) is 1. The van der Waals surface area contributed by atoms with E-state index in [2.05, 4.69) is 9.97 Å². The third-order valence-corrected chi connectivity index (χ3v) is 4.49. The normalized spacial score (nSPS) is 15.6. The Balaban J connectivity index is 1.62. The molecule has 1 fully saturated rings. The lowest BCUT2D eigenvalue weighted by atomic mass is 9.96. The van der Waals surface area contributed by atoms with Crippen molar-refractivity contribution in [1.82, 2.24) is 14.9 Å². The Morgan fingerprint density at radius 1 is 1.32 bits per heavy atom. The SMILES string of the molecule is CCOCC(=O)N1CCC(c2ncc(-c3ccc(F)c(F)c3)[nH]2)CC1. The van der Waals surface area contributed by atoms with Gasteiger partial charge in [0.05, 0.1) is 11.9 Å². The predicted molar refractivity (Wildman–Crippen MR) is 89.0 cm³/mol. The average Bonchev–Trinajstić information content (AvgIpc) is 3.12. The van der Waals surface area contributed by atoms with Gasteiger partial charge >= 0.3 is 0 Å². The number of aromatic amines is 1. The highest BCUT2D eigenvalue weighted by molar-refractivity contribution is 5.77. The van der Waals surface area contributed by atoms with Gasteiger partial charge in [0.25, 0.3) is 0 Å². The number of imidazole rings is 1. The first-order valence-electron chi connectivity index (χ1n) is 8.44. The molecular weight excluding hydrogens is 328 g/mol. The first-order valence-corrected chi connectivity index (χ1v) is 8.44. The standard InChI is InChI=1S/C18H21F2N3O2/c1-2-25-11-17(24)23-7-5-12(6-8-23)18-21-10-16(22-18)13-3-4-14(19)15(20)9-13/h3-4,9-10,12H,2,5-8,11H2,1H3,(H,21,22). The van der Waals surface area contributed by atoms with Crippen LogP contribution in [0.15, 0.2) is 24.4 Å². The highest BCUT2D eigenvalue weighted by atomic mass is 19.2. The molecule has 0 saturated carbocycles. The second kappa shape index (κ2) is 7.74. The van der Waals surface area contributed by atoms with Crippen molar-refractivity contribution < 1.29 is 18.3 Å². The molecule has 1 aromatic heterocycles. The molecule has 2 heterocycles. The van der Waals surface area contributed by atoms with Crippen molar-refractivity contribution in [2.45, 2.75) is 25.7 Å². The summed E-state index contributed by atoms with van der Waals surface area (Å²) in [4.78, 5) is 21.4. The van der Waals surface area contributed by atoms with E-state index in [1.807, 2.05) is 11.8 Å². The Kier molecular flexibility index (Phi) is 5.43. The number of aromatic nitrogens is 2. The van der Waals surface area contributed by atoms with E-state index in [1.165, 1.54) is 6.07 Å². The molecule has 7 heteroatoms. The number of carbonyl (C=O) groups excluding carboxylic acids is 1. The molecule has 0 spiro atoms. The predicted octanol–water partition coefficient (Wildman–Crippen LogP) is 3.10. The zero-order valence-corrected chi connectivity index (χ0v) is 14.1. The van der Waals surface area contributed by atoms with Gasteiger partial charge < -0.3 is 14.6 Å². The zero-order chi connectivity index (χ0) is 17.8. The third kappa shape index (κ3) is 4.04. The minimum atomic E-state index is -0.880. The number of rotatable bonds is 5. The minimum Gasteiger partial charge on any atom is -0.372 e. The second-order valence-electron chi connectivity index (χ2n) is 6.10. The van der Waals surface area contributed by atoms with Crippen LogP contribution in [0.3, 0.4) is 0 Å². The van der Waals surface area contributed by atoms with Crippen LogP contribution in [0, 0.1) is 11.6 Å². The van der Waals surface area contributed by atoms with Crippen LogP contribution in [-0.4, -0.2) is 47.1 Å². The van der Waals surface area contributed by atoms with Gasteiger partial charge in [-0.15, -0.1) is 0 Å². The lowest BCUT2D eigenvalue weighted by Crippen LogP contribution is -2.40. The number of hydrogen-bond donors (Lipinski definition) is 1. The molecule has 134 valence electrons. The number of hydrogen-bond acceptors (Lipinski definition) is 3. The van der Waals surface area contributed by atoms with Crippen LogP contribution in [0.1, 0.15) is 31.5 Å². The van der Waals surface area contributed by atoms with E-state index in [1.54, 1.807) is 6.20 Å². The molecule has 0 aliphatic carbocycles. The van der Waals surface area contributed by atoms with E-state index in [4.69, 9.17) is 4.74 Å². The number of nitrogens with zero attached hydrogens (tertiary/aromatic N) is 2. The summed E-state index contributed by atoms with van der Waals surface area (Å²) in [5.74, 6) is -0.698. The van der Waals surface area contributed by atoms with Gasteiger partial charge in [-0.25, -0.2) is 13.8 Å². The van der Waals surface area contributed by atoms with Crippen LogP contribution in [-0.2, 0) is 9.53 Å². The van der Waals surface area contributed by atoms with Gasteiger partial charge in [0, 0.05) is 31.2 Å². The number of likely N-dealkylation sites (tertiary alicyclic amines) is 1. The van der Waals surface area contributed by atoms with Crippen molar-refractivity contribution in [2.75, 3.05) is 26.3 Å². The number of H-pyrrole nitrogens is 1. The van der Waals surface area contributed by atoms with Crippen LogP contribution in [0.25, 0.3) is 11.3 Å². The van der Waals surface area contributed by atoms with Gasteiger partial charge in [-0.05, 0) is 38.0 Å². The number of piperidine rings is 1. The summed E-state index contributed by atoms with van der Waals surface area (Å²) in [6.45, 7) is 3.85. The average molecular weight is 349 g/mol. The fraction of sp³-hybridized carbons (Fsp3) is 0.444. The van der Waals surface area contributed by atoms with E-state index < -0.39 is 11.6 Å². The fourth-order valence-electron chi connectivity index (χ4n) is 3.04. The summed E-state index contributed by atoms with van der Waals surface area (Å²) >= 11 is 0. The van der Waals surface area contributed by atoms with Crippen LogP contribution >= 0.6 is 0 Å². The minimum absolute atomic E-state index is 0.0159. The summed E-state index contributed by atoms with van der Waals surface area (Å²) in [6, 6.07) is 3.78. The maximum absolute atomic E-state index is 13.4. The molecule has 1 N–H and O–H groups in total. The summed E-state index contributed by atoms with van der Waals surface area (Å²) in [5.41, 5.74) is 1.21. The van der Waals surface area contributed by atoms with Crippen LogP contribution < -0.4 is 0 Å². The molecule has 2 aromatic rings. The fourth-order valence-corrected chi connectivity index (χ4v) is 3.04. The zero-order valence-electron chi connectivity index (χ0n) is 14.1. The molecule has 1 aromatic carbocycles. The molecule has 1 aliphatic rings. The third-order valence-electron chi connectivity index (χ3n) is 4.49. The Labute approximate surface area is 145 Å². The van der Waals surface area contributed by atoms with Crippen molar-refractivity contribution in [2.24, 2.45) is 0 Å². The molecule has 0 unspecified atom stereocenters.